The Balaban J connectivity index is 1.75. The molecule has 0 fully saturated rings. The van der Waals surface area contributed by atoms with E-state index in [-0.39, 0.29) is 43.6 Å². The number of rotatable bonds is 15. The molecule has 3 aromatic rings. The lowest BCUT2D eigenvalue weighted by Crippen LogP contribution is -2.40. The highest BCUT2D eigenvalue weighted by Gasteiger charge is 2.26. The first-order valence-corrected chi connectivity index (χ1v) is 14.8. The van der Waals surface area contributed by atoms with Crippen molar-refractivity contribution in [2.24, 2.45) is 0 Å². The minimum absolute atomic E-state index is 0.0439. The molecule has 0 aliphatic carbocycles. The normalized spacial score (nSPS) is 12.3. The Hall–Kier alpha value is -2.72. The molecule has 1 amide bonds. The molecule has 0 aliphatic rings. The second-order valence-corrected chi connectivity index (χ2v) is 11.4. The number of para-hydroxylation sites is 1. The topological polar surface area (TPSA) is 140 Å². The van der Waals surface area contributed by atoms with E-state index in [0.717, 1.165) is 0 Å². The van der Waals surface area contributed by atoms with Crippen molar-refractivity contribution in [1.29, 1.82) is 0 Å². The number of nitrogens with one attached hydrogen (secondary N) is 2. The average Bonchev–Trinajstić information content (AvgIpc) is 3.36. The third-order valence-electron chi connectivity index (χ3n) is 5.56. The molecule has 0 aliphatic heterocycles. The van der Waals surface area contributed by atoms with Gasteiger partial charge < -0.3 is 23.9 Å². The summed E-state index contributed by atoms with van der Waals surface area (Å²) in [5.74, 6) is -0.947. The predicted octanol–water partition coefficient (Wildman–Crippen LogP) is 6.49. The van der Waals surface area contributed by atoms with Crippen molar-refractivity contribution in [3.05, 3.63) is 70.2 Å². The van der Waals surface area contributed by atoms with Crippen LogP contribution < -0.4 is 10.6 Å². The lowest BCUT2D eigenvalue weighted by Gasteiger charge is -2.20. The molecular weight excluding hydrogens is 568 g/mol. The zero-order valence-corrected chi connectivity index (χ0v) is 23.9. The molecule has 3 N–H and O–H groups in total. The number of aromatic nitrogens is 1. The standard InChI is InChI=1S/C26H30Cl2N3O7P/c1-3-36-39(35,37-4-2)13-7-10-22(25(32)31-21-9-6-5-8-18(21)26(33)34)29-16-24-30-15-23(38-24)19-14-17(27)11-12-20(19)28/h5-6,8-9,11-12,14-15,22,29H,3-4,7,10,13,16H2,1-2H3,(H,31,32)(H,33,34). The largest absolute Gasteiger partial charge is 0.478 e. The van der Waals surface area contributed by atoms with Gasteiger partial charge in [-0.15, -0.1) is 0 Å². The van der Waals surface area contributed by atoms with Crippen LogP contribution in [-0.2, 0) is 25.0 Å². The number of benzene rings is 2. The number of hydrogen-bond donors (Lipinski definition) is 3. The lowest BCUT2D eigenvalue weighted by molar-refractivity contribution is -0.118. The molecule has 0 bridgehead atoms. The van der Waals surface area contributed by atoms with Crippen molar-refractivity contribution in [3.63, 3.8) is 0 Å². The Bertz CT molecular complexity index is 1320. The van der Waals surface area contributed by atoms with Crippen molar-refractivity contribution in [1.82, 2.24) is 10.3 Å². The van der Waals surface area contributed by atoms with Crippen LogP contribution in [-0.4, -0.2) is 47.4 Å². The molecule has 1 aromatic heterocycles. The van der Waals surface area contributed by atoms with Gasteiger partial charge in [0.1, 0.15) is 0 Å². The fourth-order valence-corrected chi connectivity index (χ4v) is 5.86. The van der Waals surface area contributed by atoms with E-state index < -0.39 is 25.5 Å². The molecule has 210 valence electrons. The minimum Gasteiger partial charge on any atom is -0.478 e. The van der Waals surface area contributed by atoms with Gasteiger partial charge in [0, 0.05) is 10.6 Å². The van der Waals surface area contributed by atoms with E-state index in [1.54, 1.807) is 44.2 Å². The first kappa shape index (κ1) is 30.8. The van der Waals surface area contributed by atoms with E-state index in [2.05, 4.69) is 15.6 Å². The summed E-state index contributed by atoms with van der Waals surface area (Å²) in [5, 5.41) is 16.2. The molecule has 0 saturated carbocycles. The van der Waals surface area contributed by atoms with Gasteiger partial charge in [0.25, 0.3) is 0 Å². The van der Waals surface area contributed by atoms with E-state index >= 15 is 0 Å². The minimum atomic E-state index is -3.30. The summed E-state index contributed by atoms with van der Waals surface area (Å²) in [6, 6.07) is 10.3. The number of oxazole rings is 1. The van der Waals surface area contributed by atoms with Gasteiger partial charge in [0.15, 0.2) is 5.76 Å². The quantitative estimate of drug-likeness (QED) is 0.168. The molecule has 39 heavy (non-hydrogen) atoms. The van der Waals surface area contributed by atoms with Crippen molar-refractivity contribution < 1.29 is 32.7 Å². The first-order valence-electron chi connectivity index (χ1n) is 12.3. The van der Waals surface area contributed by atoms with E-state index in [1.165, 1.54) is 18.3 Å². The highest BCUT2D eigenvalue weighted by molar-refractivity contribution is 7.53. The van der Waals surface area contributed by atoms with Crippen LogP contribution in [0.15, 0.2) is 53.1 Å². The summed E-state index contributed by atoms with van der Waals surface area (Å²) in [6.45, 7) is 3.99. The van der Waals surface area contributed by atoms with Gasteiger partial charge in [-0.25, -0.2) is 9.78 Å². The van der Waals surface area contributed by atoms with Gasteiger partial charge >= 0.3 is 13.6 Å². The van der Waals surface area contributed by atoms with E-state index in [1.807, 2.05) is 0 Å². The Kier molecular flexibility index (Phi) is 11.5. The van der Waals surface area contributed by atoms with E-state index in [0.29, 0.717) is 33.7 Å². The number of aromatic carboxylic acids is 1. The molecule has 0 spiro atoms. The summed E-state index contributed by atoms with van der Waals surface area (Å²) >= 11 is 12.3. The Labute approximate surface area is 236 Å². The third-order valence-corrected chi connectivity index (χ3v) is 8.29. The SMILES string of the molecule is CCOP(=O)(CCCC(NCc1ncc(-c2cc(Cl)ccc2Cl)o1)C(=O)Nc1ccccc1C(=O)O)OCC. The van der Waals surface area contributed by atoms with E-state index in [9.17, 15) is 19.3 Å². The number of halogens is 2. The first-order chi connectivity index (χ1) is 18.7. The molecule has 1 heterocycles. The fraction of sp³-hybridized carbons (Fsp3) is 0.346. The average molecular weight is 598 g/mol. The van der Waals surface area contributed by atoms with Crippen LogP contribution in [0.5, 0.6) is 0 Å². The zero-order valence-electron chi connectivity index (χ0n) is 21.5. The maximum atomic E-state index is 13.2. The number of amides is 1. The number of carbonyl (C=O) groups is 2. The van der Waals surface area contributed by atoms with Crippen molar-refractivity contribution in [2.75, 3.05) is 24.7 Å². The summed E-state index contributed by atoms with van der Waals surface area (Å²) in [4.78, 5) is 29.1. The van der Waals surface area contributed by atoms with Crippen LogP contribution in [0.1, 0.15) is 42.9 Å². The van der Waals surface area contributed by atoms with Crippen LogP contribution in [0.4, 0.5) is 5.69 Å². The van der Waals surface area contributed by atoms with Crippen LogP contribution in [0, 0.1) is 0 Å². The highest BCUT2D eigenvalue weighted by Crippen LogP contribution is 2.48. The van der Waals surface area contributed by atoms with Gasteiger partial charge in [0.05, 0.1) is 54.4 Å². The molecule has 2 aromatic carbocycles. The highest BCUT2D eigenvalue weighted by atomic mass is 35.5. The number of hydrogen-bond acceptors (Lipinski definition) is 8. The predicted molar refractivity (Wildman–Crippen MR) is 150 cm³/mol. The molecule has 3 rings (SSSR count). The molecule has 1 atom stereocenters. The van der Waals surface area contributed by atoms with Gasteiger partial charge in [-0.05, 0) is 57.0 Å². The van der Waals surface area contributed by atoms with Crippen molar-refractivity contribution >= 4 is 48.4 Å². The van der Waals surface area contributed by atoms with Crippen LogP contribution in [0.3, 0.4) is 0 Å². The Morgan fingerprint density at radius 1 is 1.13 bits per heavy atom. The smallest absolute Gasteiger partial charge is 0.337 e. The van der Waals surface area contributed by atoms with Gasteiger partial charge in [0.2, 0.25) is 11.8 Å². The Morgan fingerprint density at radius 2 is 1.85 bits per heavy atom. The number of carboxylic acid groups (broad SMARTS) is 1. The molecule has 0 radical (unpaired) electrons. The fourth-order valence-electron chi connectivity index (χ4n) is 3.79. The monoisotopic (exact) mass is 597 g/mol. The van der Waals surface area contributed by atoms with Gasteiger partial charge in [-0.3, -0.25) is 14.7 Å². The van der Waals surface area contributed by atoms with Gasteiger partial charge in [-0.2, -0.15) is 0 Å². The molecule has 13 heteroatoms. The van der Waals surface area contributed by atoms with Crippen molar-refractivity contribution in [2.45, 2.75) is 39.3 Å². The molecule has 10 nitrogen and oxygen atoms in total. The van der Waals surface area contributed by atoms with Crippen LogP contribution in [0.25, 0.3) is 11.3 Å². The van der Waals surface area contributed by atoms with Crippen molar-refractivity contribution in [3.8, 4) is 11.3 Å². The lowest BCUT2D eigenvalue weighted by atomic mass is 10.1. The molecule has 1 unspecified atom stereocenters. The van der Waals surface area contributed by atoms with Gasteiger partial charge in [-0.1, -0.05) is 35.3 Å². The number of nitrogens with zero attached hydrogens (tertiary/aromatic N) is 1. The summed E-state index contributed by atoms with van der Waals surface area (Å²) < 4.78 is 29.4. The van der Waals surface area contributed by atoms with E-state index in [4.69, 9.17) is 36.7 Å². The maximum absolute atomic E-state index is 13.2. The Morgan fingerprint density at radius 3 is 2.54 bits per heavy atom. The number of carbonyl (C=O) groups excluding carboxylic acids is 1. The number of carboxylic acids is 1. The summed E-state index contributed by atoms with van der Waals surface area (Å²) in [7, 11) is -3.30. The van der Waals surface area contributed by atoms with Crippen LogP contribution in [0.2, 0.25) is 10.0 Å². The summed E-state index contributed by atoms with van der Waals surface area (Å²) in [5.41, 5.74) is 0.688. The summed E-state index contributed by atoms with van der Waals surface area (Å²) in [6.07, 6.45) is 2.20. The second-order valence-electron chi connectivity index (χ2n) is 8.33. The second kappa shape index (κ2) is 14.6. The molecule has 0 saturated heterocycles. The zero-order chi connectivity index (χ0) is 28.4. The molecular formula is C26H30Cl2N3O7P. The van der Waals surface area contributed by atoms with Crippen LogP contribution >= 0.6 is 30.8 Å². The third kappa shape index (κ3) is 8.89. The number of anilines is 1. The maximum Gasteiger partial charge on any atom is 0.337 e.